The number of amides is 4. The lowest BCUT2D eigenvalue weighted by molar-refractivity contribution is -0.149. The lowest BCUT2D eigenvalue weighted by Crippen LogP contribution is -2.60. The number of methoxy groups -OCH3 is 2. The molecule has 13 nitrogen and oxygen atoms in total. The standard InChI is InChI=1S/C42H71N5O8/c1-14-28(7)37(46(11)41(51)35(26(3)4)44-40(50)36(27(5)6)45(9)10)33(55-15-2)25-34(48)47-23-19-22-32(47)38(53-12)29(8)39(49)43-31(42(52)54-13)24-30-20-17-16-18-21-30/h16-18,20-21,26-29,31-33,35-38H,14-15,19,22-25H2,1-13H3,(H,43,49)(H,44,50)/t28-,29+,31-,32-,33+,35-,36-,37-,38+/m0/s1. The third kappa shape index (κ3) is 13.0. The second-order valence-corrected chi connectivity index (χ2v) is 16.0. The number of ether oxygens (including phenoxy) is 3. The van der Waals surface area contributed by atoms with Gasteiger partial charge >= 0.3 is 5.97 Å². The number of esters is 1. The fourth-order valence-electron chi connectivity index (χ4n) is 8.05. The van der Waals surface area contributed by atoms with Crippen molar-refractivity contribution in [3.05, 3.63) is 35.9 Å². The highest BCUT2D eigenvalue weighted by atomic mass is 16.5. The second-order valence-electron chi connectivity index (χ2n) is 16.0. The van der Waals surface area contributed by atoms with Gasteiger partial charge in [0.2, 0.25) is 23.6 Å². The molecule has 1 heterocycles. The van der Waals surface area contributed by atoms with Crippen LogP contribution in [-0.4, -0.2) is 135 Å². The molecular weight excluding hydrogens is 702 g/mol. The van der Waals surface area contributed by atoms with Crippen LogP contribution in [0.4, 0.5) is 0 Å². The molecule has 2 N–H and O–H groups in total. The van der Waals surface area contributed by atoms with Gasteiger partial charge in [0.15, 0.2) is 0 Å². The van der Waals surface area contributed by atoms with Gasteiger partial charge < -0.3 is 34.6 Å². The molecule has 1 aromatic rings. The molecule has 0 radical (unpaired) electrons. The topological polar surface area (TPSA) is 147 Å². The smallest absolute Gasteiger partial charge is 0.328 e. The molecule has 0 aromatic heterocycles. The average molecular weight is 774 g/mol. The van der Waals surface area contributed by atoms with Crippen LogP contribution in [0.3, 0.4) is 0 Å². The minimum atomic E-state index is -0.890. The summed E-state index contributed by atoms with van der Waals surface area (Å²) in [6.45, 7) is 16.3. The first kappa shape index (κ1) is 47.6. The molecule has 13 heteroatoms. The third-order valence-corrected chi connectivity index (χ3v) is 11.1. The minimum absolute atomic E-state index is 0.0181. The van der Waals surface area contributed by atoms with Gasteiger partial charge in [0.1, 0.15) is 12.1 Å². The van der Waals surface area contributed by atoms with Crippen molar-refractivity contribution in [2.24, 2.45) is 23.7 Å². The van der Waals surface area contributed by atoms with Crippen LogP contribution in [-0.2, 0) is 44.6 Å². The van der Waals surface area contributed by atoms with Crippen LogP contribution in [0, 0.1) is 23.7 Å². The molecule has 0 unspecified atom stereocenters. The van der Waals surface area contributed by atoms with Crippen LogP contribution < -0.4 is 10.6 Å². The Morgan fingerprint density at radius 2 is 1.53 bits per heavy atom. The van der Waals surface area contributed by atoms with Crippen molar-refractivity contribution in [1.82, 2.24) is 25.3 Å². The van der Waals surface area contributed by atoms with Crippen LogP contribution in [0.25, 0.3) is 0 Å². The summed E-state index contributed by atoms with van der Waals surface area (Å²) in [4.78, 5) is 73.8. The Kier molecular flexibility index (Phi) is 19.8. The summed E-state index contributed by atoms with van der Waals surface area (Å²) >= 11 is 0. The Labute approximate surface area is 330 Å². The van der Waals surface area contributed by atoms with E-state index in [1.807, 2.05) is 97.8 Å². The number of carbonyl (C=O) groups excluding carboxylic acids is 5. The second kappa shape index (κ2) is 22.9. The van der Waals surface area contributed by atoms with Crippen molar-refractivity contribution in [1.29, 1.82) is 0 Å². The molecular formula is C42H71N5O8. The highest BCUT2D eigenvalue weighted by Gasteiger charge is 2.43. The Balaban J connectivity index is 2.32. The van der Waals surface area contributed by atoms with Crippen LogP contribution in [0.2, 0.25) is 0 Å². The van der Waals surface area contributed by atoms with Crippen LogP contribution >= 0.6 is 0 Å². The Bertz CT molecular complexity index is 1370. The number of rotatable bonds is 22. The largest absolute Gasteiger partial charge is 0.467 e. The summed E-state index contributed by atoms with van der Waals surface area (Å²) in [5.74, 6) is -2.39. The first-order valence-corrected chi connectivity index (χ1v) is 20.0. The average Bonchev–Trinajstić information content (AvgIpc) is 3.62. The van der Waals surface area contributed by atoms with E-state index in [1.165, 1.54) is 14.2 Å². The Morgan fingerprint density at radius 3 is 2.04 bits per heavy atom. The molecule has 4 amide bonds. The van der Waals surface area contributed by atoms with Gasteiger partial charge in [-0.25, -0.2) is 4.79 Å². The maximum Gasteiger partial charge on any atom is 0.328 e. The zero-order valence-electron chi connectivity index (χ0n) is 35.8. The van der Waals surface area contributed by atoms with Gasteiger partial charge in [-0.2, -0.15) is 0 Å². The van der Waals surface area contributed by atoms with Gasteiger partial charge in [-0.3, -0.25) is 24.1 Å². The number of nitrogens with one attached hydrogen (secondary N) is 2. The number of nitrogens with zero attached hydrogens (tertiary/aromatic N) is 3. The summed E-state index contributed by atoms with van der Waals surface area (Å²) in [6, 6.07) is 6.48. The number of hydrogen-bond acceptors (Lipinski definition) is 9. The Morgan fingerprint density at radius 1 is 0.891 bits per heavy atom. The summed E-state index contributed by atoms with van der Waals surface area (Å²) in [7, 11) is 8.27. The van der Waals surface area contributed by atoms with E-state index in [2.05, 4.69) is 10.6 Å². The van der Waals surface area contributed by atoms with Crippen molar-refractivity contribution in [2.75, 3.05) is 48.5 Å². The molecule has 1 fully saturated rings. The molecule has 0 spiro atoms. The molecule has 55 heavy (non-hydrogen) atoms. The van der Waals surface area contributed by atoms with Crippen LogP contribution in [0.15, 0.2) is 30.3 Å². The van der Waals surface area contributed by atoms with E-state index in [1.54, 1.807) is 23.8 Å². The number of hydrogen-bond donors (Lipinski definition) is 2. The molecule has 0 aliphatic carbocycles. The number of likely N-dealkylation sites (N-methyl/N-ethyl adjacent to an activating group) is 2. The van der Waals surface area contributed by atoms with Gasteiger partial charge in [0, 0.05) is 33.7 Å². The molecule has 0 saturated carbocycles. The summed E-state index contributed by atoms with van der Waals surface area (Å²) in [6.07, 6.45) is 1.12. The molecule has 1 aromatic carbocycles. The van der Waals surface area contributed by atoms with E-state index in [4.69, 9.17) is 14.2 Å². The zero-order valence-corrected chi connectivity index (χ0v) is 35.8. The third-order valence-electron chi connectivity index (χ3n) is 11.1. The van der Waals surface area contributed by atoms with Crippen molar-refractivity contribution in [3.63, 3.8) is 0 Å². The Hall–Kier alpha value is -3.55. The molecule has 1 saturated heterocycles. The highest BCUT2D eigenvalue weighted by Crippen LogP contribution is 2.30. The summed E-state index contributed by atoms with van der Waals surface area (Å²) < 4.78 is 17.3. The SMILES string of the molecule is CCO[C@H](CC(=O)N1CCC[C@H]1[C@H](OC)[C@@H](C)C(=O)N[C@@H](Cc1ccccc1)C(=O)OC)[C@H]([C@@H](C)CC)N(C)C(=O)[C@@H](NC(=O)[C@H](C(C)C)N(C)C)C(C)C. The van der Waals surface area contributed by atoms with E-state index in [-0.39, 0.29) is 54.2 Å². The minimum Gasteiger partial charge on any atom is -0.467 e. The number of carbonyl (C=O) groups is 5. The predicted molar refractivity (Wildman–Crippen MR) is 214 cm³/mol. The quantitative estimate of drug-likeness (QED) is 0.168. The van der Waals surface area contributed by atoms with E-state index in [9.17, 15) is 24.0 Å². The van der Waals surface area contributed by atoms with E-state index >= 15 is 0 Å². The van der Waals surface area contributed by atoms with Crippen molar-refractivity contribution < 1.29 is 38.2 Å². The first-order chi connectivity index (χ1) is 25.9. The molecule has 312 valence electrons. The van der Waals surface area contributed by atoms with Crippen LogP contribution in [0.5, 0.6) is 0 Å². The van der Waals surface area contributed by atoms with Gasteiger partial charge in [-0.05, 0) is 57.2 Å². The fraction of sp³-hybridized carbons (Fsp3) is 0.738. The van der Waals surface area contributed by atoms with Gasteiger partial charge in [-0.1, -0.05) is 85.2 Å². The fourth-order valence-corrected chi connectivity index (χ4v) is 8.05. The maximum absolute atomic E-state index is 14.3. The molecule has 2 rings (SSSR count). The zero-order chi connectivity index (χ0) is 41.6. The molecule has 9 atom stereocenters. The molecule has 1 aliphatic heterocycles. The summed E-state index contributed by atoms with van der Waals surface area (Å²) in [5, 5.41) is 5.91. The predicted octanol–water partition coefficient (Wildman–Crippen LogP) is 3.92. The highest BCUT2D eigenvalue weighted by molar-refractivity contribution is 5.90. The van der Waals surface area contributed by atoms with E-state index < -0.39 is 54.3 Å². The van der Waals surface area contributed by atoms with Gasteiger partial charge in [-0.15, -0.1) is 0 Å². The number of likely N-dealkylation sites (tertiary alicyclic amines) is 1. The van der Waals surface area contributed by atoms with E-state index in [0.717, 1.165) is 18.4 Å². The van der Waals surface area contributed by atoms with Gasteiger partial charge in [0.05, 0.1) is 49.8 Å². The van der Waals surface area contributed by atoms with Gasteiger partial charge in [0.25, 0.3) is 0 Å². The van der Waals surface area contributed by atoms with Crippen LogP contribution in [0.1, 0.15) is 86.6 Å². The summed E-state index contributed by atoms with van der Waals surface area (Å²) in [5.41, 5.74) is 0.877. The lowest BCUT2D eigenvalue weighted by atomic mass is 9.89. The maximum atomic E-state index is 14.3. The molecule has 0 bridgehead atoms. The van der Waals surface area contributed by atoms with Crippen molar-refractivity contribution >= 4 is 29.6 Å². The first-order valence-electron chi connectivity index (χ1n) is 20.0. The monoisotopic (exact) mass is 774 g/mol. The molecule has 1 aliphatic rings. The van der Waals surface area contributed by atoms with Crippen molar-refractivity contribution in [3.8, 4) is 0 Å². The van der Waals surface area contributed by atoms with Crippen molar-refractivity contribution in [2.45, 2.75) is 130 Å². The number of benzene rings is 1. The lowest BCUT2D eigenvalue weighted by Gasteiger charge is -2.41. The normalized spacial score (nSPS) is 18.9. The van der Waals surface area contributed by atoms with E-state index in [0.29, 0.717) is 19.6 Å².